The summed E-state index contributed by atoms with van der Waals surface area (Å²) in [5.74, 6) is -2.51. The molecule has 8 heteroatoms. The van der Waals surface area contributed by atoms with Crippen LogP contribution in [0.3, 0.4) is 0 Å². The maximum atomic E-state index is 15.0. The highest BCUT2D eigenvalue weighted by atomic mass is 19.1. The van der Waals surface area contributed by atoms with E-state index < -0.39 is 29.5 Å². The lowest BCUT2D eigenvalue weighted by Crippen LogP contribution is -2.46. The second-order valence-corrected chi connectivity index (χ2v) is 12.2. The maximum absolute atomic E-state index is 15.0. The summed E-state index contributed by atoms with van der Waals surface area (Å²) in [6.45, 7) is 3.92. The number of anilines is 3. The second kappa shape index (κ2) is 12.7. The molecular formula is C35H40F2N4O2. The van der Waals surface area contributed by atoms with Crippen molar-refractivity contribution in [2.75, 3.05) is 35.2 Å². The van der Waals surface area contributed by atoms with Crippen LogP contribution in [0.1, 0.15) is 78.9 Å². The number of rotatable bonds is 7. The highest BCUT2D eigenvalue weighted by Crippen LogP contribution is 2.39. The molecule has 2 N–H and O–H groups in total. The Morgan fingerprint density at radius 3 is 2.28 bits per heavy atom. The fraction of sp³-hybridized carbons (Fsp3) is 0.429. The number of piperidine rings is 1. The van der Waals surface area contributed by atoms with Gasteiger partial charge in [0.2, 0.25) is 5.91 Å². The molecule has 6 nitrogen and oxygen atoms in total. The SMILES string of the molecule is Cc1cccc(F)c1C(=O)N1CCC[C@H](C(=O)Nc2cc(N3CCCC3)ccc2F)C1c1ccc(NC2CCCC2)cc1. The first kappa shape index (κ1) is 29.1. The van der Waals surface area contributed by atoms with Crippen LogP contribution in [0.15, 0.2) is 60.7 Å². The normalized spacial score (nSPS) is 20.8. The summed E-state index contributed by atoms with van der Waals surface area (Å²) in [7, 11) is 0. The molecule has 2 aliphatic heterocycles. The van der Waals surface area contributed by atoms with Crippen LogP contribution in [0.25, 0.3) is 0 Å². The predicted octanol–water partition coefficient (Wildman–Crippen LogP) is 7.46. The first-order valence-corrected chi connectivity index (χ1v) is 15.7. The van der Waals surface area contributed by atoms with Crippen molar-refractivity contribution >= 4 is 28.9 Å². The van der Waals surface area contributed by atoms with E-state index in [-0.39, 0.29) is 17.2 Å². The van der Waals surface area contributed by atoms with Gasteiger partial charge in [-0.2, -0.15) is 0 Å². The van der Waals surface area contributed by atoms with Gasteiger partial charge in [0.1, 0.15) is 11.6 Å². The van der Waals surface area contributed by atoms with E-state index in [0.717, 1.165) is 55.7 Å². The zero-order valence-electron chi connectivity index (χ0n) is 24.8. The van der Waals surface area contributed by atoms with Crippen LogP contribution in [0, 0.1) is 24.5 Å². The highest BCUT2D eigenvalue weighted by molar-refractivity contribution is 5.98. The van der Waals surface area contributed by atoms with Crippen molar-refractivity contribution in [3.63, 3.8) is 0 Å². The molecular weight excluding hydrogens is 546 g/mol. The number of halogens is 2. The van der Waals surface area contributed by atoms with Crippen molar-refractivity contribution in [1.29, 1.82) is 0 Å². The number of hydrogen-bond donors (Lipinski definition) is 2. The smallest absolute Gasteiger partial charge is 0.257 e. The van der Waals surface area contributed by atoms with Crippen molar-refractivity contribution in [2.24, 2.45) is 5.92 Å². The number of benzene rings is 3. The number of likely N-dealkylation sites (tertiary alicyclic amines) is 1. The van der Waals surface area contributed by atoms with Gasteiger partial charge < -0.3 is 20.4 Å². The van der Waals surface area contributed by atoms with Crippen molar-refractivity contribution in [1.82, 2.24) is 4.90 Å². The molecule has 1 unspecified atom stereocenters. The lowest BCUT2D eigenvalue weighted by molar-refractivity contribution is -0.123. The van der Waals surface area contributed by atoms with E-state index in [1.165, 1.54) is 25.0 Å². The van der Waals surface area contributed by atoms with Crippen molar-refractivity contribution in [3.05, 3.63) is 89.0 Å². The summed E-state index contributed by atoms with van der Waals surface area (Å²) >= 11 is 0. The number of carbonyl (C=O) groups excluding carboxylic acids is 2. The molecule has 1 aliphatic carbocycles. The van der Waals surface area contributed by atoms with Crippen LogP contribution in [0.2, 0.25) is 0 Å². The van der Waals surface area contributed by atoms with Gasteiger partial charge in [-0.3, -0.25) is 9.59 Å². The number of nitrogens with zero attached hydrogens (tertiary/aromatic N) is 2. The van der Waals surface area contributed by atoms with E-state index in [1.807, 2.05) is 24.3 Å². The van der Waals surface area contributed by atoms with Crippen LogP contribution < -0.4 is 15.5 Å². The molecule has 2 saturated heterocycles. The van der Waals surface area contributed by atoms with Crippen LogP contribution in [-0.2, 0) is 4.79 Å². The van der Waals surface area contributed by atoms with Gasteiger partial charge in [0, 0.05) is 37.1 Å². The third-order valence-electron chi connectivity index (χ3n) is 9.32. The number of hydrogen-bond acceptors (Lipinski definition) is 4. The number of aryl methyl sites for hydroxylation is 1. The summed E-state index contributed by atoms with van der Waals surface area (Å²) in [6.07, 6.45) is 8.01. The quantitative estimate of drug-likeness (QED) is 0.302. The minimum Gasteiger partial charge on any atom is -0.382 e. The summed E-state index contributed by atoms with van der Waals surface area (Å²) in [6, 6.07) is 17.2. The third kappa shape index (κ3) is 6.24. The molecule has 3 aliphatic rings. The average molecular weight is 587 g/mol. The van der Waals surface area contributed by atoms with Crippen molar-refractivity contribution in [2.45, 2.75) is 70.4 Å². The van der Waals surface area contributed by atoms with Crippen LogP contribution in [0.4, 0.5) is 25.8 Å². The minimum atomic E-state index is -0.645. The van der Waals surface area contributed by atoms with E-state index in [0.29, 0.717) is 31.0 Å². The maximum Gasteiger partial charge on any atom is 0.257 e. The lowest BCUT2D eigenvalue weighted by Gasteiger charge is -2.41. The monoisotopic (exact) mass is 586 g/mol. The lowest BCUT2D eigenvalue weighted by atomic mass is 9.83. The molecule has 6 rings (SSSR count). The average Bonchev–Trinajstić information content (AvgIpc) is 3.73. The summed E-state index contributed by atoms with van der Waals surface area (Å²) in [4.78, 5) is 31.8. The molecule has 0 spiro atoms. The van der Waals surface area contributed by atoms with Crippen LogP contribution in [0.5, 0.6) is 0 Å². The molecule has 3 fully saturated rings. The van der Waals surface area contributed by atoms with E-state index in [1.54, 1.807) is 36.1 Å². The van der Waals surface area contributed by atoms with E-state index in [9.17, 15) is 14.0 Å². The molecule has 0 radical (unpaired) electrons. The van der Waals surface area contributed by atoms with E-state index >= 15 is 4.39 Å². The zero-order valence-corrected chi connectivity index (χ0v) is 24.8. The molecule has 3 aromatic rings. The topological polar surface area (TPSA) is 64.7 Å². The molecule has 3 aromatic carbocycles. The summed E-state index contributed by atoms with van der Waals surface area (Å²) in [5.41, 5.74) is 3.38. The van der Waals surface area contributed by atoms with E-state index in [4.69, 9.17) is 0 Å². The van der Waals surface area contributed by atoms with Gasteiger partial charge in [0.25, 0.3) is 5.91 Å². The highest BCUT2D eigenvalue weighted by Gasteiger charge is 2.41. The molecule has 0 aromatic heterocycles. The zero-order chi connectivity index (χ0) is 29.9. The number of nitrogens with one attached hydrogen (secondary N) is 2. The molecule has 2 amide bonds. The van der Waals surface area contributed by atoms with E-state index in [2.05, 4.69) is 15.5 Å². The van der Waals surface area contributed by atoms with Gasteiger partial charge in [0.05, 0.1) is 23.2 Å². The Hall–Kier alpha value is -3.94. The Morgan fingerprint density at radius 2 is 1.56 bits per heavy atom. The van der Waals surface area contributed by atoms with Gasteiger partial charge >= 0.3 is 0 Å². The Labute approximate surface area is 252 Å². The van der Waals surface area contributed by atoms with Gasteiger partial charge in [-0.25, -0.2) is 8.78 Å². The molecule has 1 saturated carbocycles. The van der Waals surface area contributed by atoms with Crippen molar-refractivity contribution in [3.8, 4) is 0 Å². The van der Waals surface area contributed by atoms with Crippen LogP contribution >= 0.6 is 0 Å². The van der Waals surface area contributed by atoms with Crippen molar-refractivity contribution < 1.29 is 18.4 Å². The first-order chi connectivity index (χ1) is 20.9. The molecule has 0 bridgehead atoms. The summed E-state index contributed by atoms with van der Waals surface area (Å²) in [5, 5.41) is 6.45. The minimum absolute atomic E-state index is 0.0254. The van der Waals surface area contributed by atoms with Gasteiger partial charge in [-0.15, -0.1) is 0 Å². The predicted molar refractivity (Wildman–Crippen MR) is 166 cm³/mol. The standard InChI is InChI=1S/C35H40F2N4O2/c1-23-8-6-12-30(37)32(23)35(43)41-21-7-11-28(33(41)24-13-15-26(16-14-24)38-25-9-2-3-10-25)34(42)39-31-22-27(17-18-29(31)36)40-19-4-5-20-40/h6,8,12-18,22,25,28,33,38H,2-5,7,9-11,19-21H2,1H3,(H,39,42)/t28-,33?/m0/s1. The summed E-state index contributed by atoms with van der Waals surface area (Å²) < 4.78 is 30.0. The Balaban J connectivity index is 1.31. The second-order valence-electron chi connectivity index (χ2n) is 12.2. The van der Waals surface area contributed by atoms with Crippen LogP contribution in [-0.4, -0.2) is 42.4 Å². The molecule has 226 valence electrons. The Bertz CT molecular complexity index is 1440. The third-order valence-corrected chi connectivity index (χ3v) is 9.32. The van der Waals surface area contributed by atoms with Gasteiger partial charge in [0.15, 0.2) is 0 Å². The van der Waals surface area contributed by atoms with Gasteiger partial charge in [-0.1, -0.05) is 37.1 Å². The number of amides is 2. The largest absolute Gasteiger partial charge is 0.382 e. The fourth-order valence-corrected chi connectivity index (χ4v) is 7.05. The number of carbonyl (C=O) groups is 2. The van der Waals surface area contributed by atoms with Gasteiger partial charge in [-0.05, 0) is 93.0 Å². The Kier molecular flexibility index (Phi) is 8.63. The Morgan fingerprint density at radius 1 is 0.814 bits per heavy atom. The molecule has 2 atom stereocenters. The first-order valence-electron chi connectivity index (χ1n) is 15.7. The molecule has 2 heterocycles. The fourth-order valence-electron chi connectivity index (χ4n) is 7.05. The molecule has 43 heavy (non-hydrogen) atoms.